The van der Waals surface area contributed by atoms with E-state index in [9.17, 15) is 18.8 Å². The summed E-state index contributed by atoms with van der Waals surface area (Å²) in [6, 6.07) is 12.2. The summed E-state index contributed by atoms with van der Waals surface area (Å²) in [4.78, 5) is 46.8. The Labute approximate surface area is 208 Å². The molecule has 9 nitrogen and oxygen atoms in total. The van der Waals surface area contributed by atoms with Crippen LogP contribution in [0, 0.1) is 5.82 Å². The van der Waals surface area contributed by atoms with Gasteiger partial charge >= 0.3 is 0 Å². The minimum Gasteiger partial charge on any atom is -0.349 e. The van der Waals surface area contributed by atoms with Crippen LogP contribution >= 0.6 is 0 Å². The Hall–Kier alpha value is -4.05. The number of benzene rings is 2. The SMILES string of the molecule is CC1CCCCN1CCNC(=O)c1[nH]cnc1C(=O)Nc1ccc(NC(=O)c2ccc(F)cc2)cc1. The van der Waals surface area contributed by atoms with Gasteiger partial charge in [-0.05, 0) is 74.8 Å². The monoisotopic (exact) mass is 492 g/mol. The van der Waals surface area contributed by atoms with Gasteiger partial charge in [0.1, 0.15) is 11.5 Å². The molecule has 4 rings (SSSR count). The number of carbonyl (C=O) groups excluding carboxylic acids is 3. The molecule has 1 unspecified atom stereocenters. The Morgan fingerprint density at radius 2 is 1.64 bits per heavy atom. The predicted molar refractivity (Wildman–Crippen MR) is 135 cm³/mol. The van der Waals surface area contributed by atoms with E-state index in [4.69, 9.17) is 0 Å². The van der Waals surface area contributed by atoms with Crippen LogP contribution in [0.25, 0.3) is 0 Å². The van der Waals surface area contributed by atoms with Crippen molar-refractivity contribution in [1.29, 1.82) is 0 Å². The number of halogens is 1. The van der Waals surface area contributed by atoms with Crippen LogP contribution in [0.1, 0.15) is 57.5 Å². The first-order valence-electron chi connectivity index (χ1n) is 11.9. The Bertz CT molecular complexity index is 1210. The third-order valence-electron chi connectivity index (χ3n) is 6.21. The van der Waals surface area contributed by atoms with Crippen LogP contribution in [0.15, 0.2) is 54.9 Å². The van der Waals surface area contributed by atoms with E-state index in [0.717, 1.165) is 13.1 Å². The normalized spacial score (nSPS) is 15.8. The first kappa shape index (κ1) is 25.1. The smallest absolute Gasteiger partial charge is 0.276 e. The lowest BCUT2D eigenvalue weighted by atomic mass is 10.0. The maximum Gasteiger partial charge on any atom is 0.276 e. The summed E-state index contributed by atoms with van der Waals surface area (Å²) in [6.07, 6.45) is 4.89. The predicted octanol–water partition coefficient (Wildman–Crippen LogP) is 3.66. The number of aromatic nitrogens is 2. The molecule has 0 bridgehead atoms. The molecule has 4 N–H and O–H groups in total. The minimum absolute atomic E-state index is 0.00692. The fourth-order valence-corrected chi connectivity index (χ4v) is 4.16. The lowest BCUT2D eigenvalue weighted by Crippen LogP contribution is -2.42. The lowest BCUT2D eigenvalue weighted by Gasteiger charge is -2.33. The second-order valence-corrected chi connectivity index (χ2v) is 8.76. The standard InChI is InChI=1S/C26H29FN6O3/c1-17-4-2-3-14-33(17)15-13-28-25(35)22-23(30-16-29-22)26(36)32-21-11-9-20(10-12-21)31-24(34)18-5-7-19(27)8-6-18/h5-12,16-17H,2-4,13-15H2,1H3,(H,28,35)(H,29,30)(H,31,34)(H,32,36). The zero-order chi connectivity index (χ0) is 25.5. The molecular formula is C26H29FN6O3. The Morgan fingerprint density at radius 3 is 2.31 bits per heavy atom. The molecular weight excluding hydrogens is 463 g/mol. The van der Waals surface area contributed by atoms with Crippen molar-refractivity contribution in [2.45, 2.75) is 32.2 Å². The van der Waals surface area contributed by atoms with Crippen molar-refractivity contribution in [3.05, 3.63) is 77.6 Å². The van der Waals surface area contributed by atoms with Gasteiger partial charge in [-0.1, -0.05) is 6.42 Å². The van der Waals surface area contributed by atoms with Gasteiger partial charge in [0.25, 0.3) is 17.7 Å². The number of likely N-dealkylation sites (tertiary alicyclic amines) is 1. The fraction of sp³-hybridized carbons (Fsp3) is 0.308. The van der Waals surface area contributed by atoms with Gasteiger partial charge in [-0.2, -0.15) is 0 Å². The highest BCUT2D eigenvalue weighted by atomic mass is 19.1. The molecule has 2 heterocycles. The number of anilines is 2. The summed E-state index contributed by atoms with van der Waals surface area (Å²) in [7, 11) is 0. The molecule has 10 heteroatoms. The molecule has 188 valence electrons. The maximum absolute atomic E-state index is 13.0. The summed E-state index contributed by atoms with van der Waals surface area (Å²) in [5.41, 5.74) is 1.39. The molecule has 36 heavy (non-hydrogen) atoms. The topological polar surface area (TPSA) is 119 Å². The average Bonchev–Trinajstić information content (AvgIpc) is 3.37. The first-order chi connectivity index (χ1) is 17.4. The second kappa shape index (κ2) is 11.6. The van der Waals surface area contributed by atoms with Crippen molar-refractivity contribution < 1.29 is 18.8 Å². The number of nitrogens with zero attached hydrogens (tertiary/aromatic N) is 2. The maximum atomic E-state index is 13.0. The van der Waals surface area contributed by atoms with Crippen molar-refractivity contribution in [2.24, 2.45) is 0 Å². The van der Waals surface area contributed by atoms with Gasteiger partial charge in [-0.25, -0.2) is 9.37 Å². The van der Waals surface area contributed by atoms with Crippen molar-refractivity contribution in [3.63, 3.8) is 0 Å². The summed E-state index contributed by atoms with van der Waals surface area (Å²) in [6.45, 7) is 4.47. The number of nitrogens with one attached hydrogen (secondary N) is 4. The molecule has 3 amide bonds. The number of amides is 3. The average molecular weight is 493 g/mol. The van der Waals surface area contributed by atoms with Crippen molar-refractivity contribution in [1.82, 2.24) is 20.2 Å². The summed E-state index contributed by atoms with van der Waals surface area (Å²) in [5, 5.41) is 8.28. The zero-order valence-electron chi connectivity index (χ0n) is 20.0. The largest absolute Gasteiger partial charge is 0.349 e. The van der Waals surface area contributed by atoms with Gasteiger partial charge in [0.2, 0.25) is 0 Å². The quantitative estimate of drug-likeness (QED) is 0.383. The van der Waals surface area contributed by atoms with E-state index in [2.05, 4.69) is 37.7 Å². The van der Waals surface area contributed by atoms with E-state index in [1.807, 2.05) is 0 Å². The number of H-pyrrole nitrogens is 1. The molecule has 0 saturated carbocycles. The third-order valence-corrected chi connectivity index (χ3v) is 6.21. The Kier molecular flexibility index (Phi) is 8.06. The summed E-state index contributed by atoms with van der Waals surface area (Å²) < 4.78 is 13.0. The highest BCUT2D eigenvalue weighted by Gasteiger charge is 2.22. The number of piperidine rings is 1. The highest BCUT2D eigenvalue weighted by molar-refractivity contribution is 6.10. The van der Waals surface area contributed by atoms with Gasteiger partial charge in [-0.3, -0.25) is 19.3 Å². The van der Waals surface area contributed by atoms with Crippen LogP contribution in [0.4, 0.5) is 15.8 Å². The van der Waals surface area contributed by atoms with Crippen LogP contribution < -0.4 is 16.0 Å². The molecule has 1 saturated heterocycles. The zero-order valence-corrected chi connectivity index (χ0v) is 20.0. The molecule has 2 aromatic carbocycles. The van der Waals surface area contributed by atoms with E-state index in [-0.39, 0.29) is 23.2 Å². The minimum atomic E-state index is -0.533. The molecule has 3 aromatic rings. The van der Waals surface area contributed by atoms with Crippen LogP contribution in [0.5, 0.6) is 0 Å². The Balaban J connectivity index is 1.30. The van der Waals surface area contributed by atoms with Crippen LogP contribution in [-0.4, -0.2) is 58.3 Å². The molecule has 1 aliphatic heterocycles. The summed E-state index contributed by atoms with van der Waals surface area (Å²) >= 11 is 0. The van der Waals surface area contributed by atoms with Gasteiger partial charge in [0, 0.05) is 36.1 Å². The number of aromatic amines is 1. The molecule has 0 radical (unpaired) electrons. The van der Waals surface area contributed by atoms with E-state index in [1.165, 1.54) is 49.9 Å². The molecule has 0 spiro atoms. The number of rotatable bonds is 8. The number of imidazole rings is 1. The first-order valence-corrected chi connectivity index (χ1v) is 11.9. The van der Waals surface area contributed by atoms with E-state index in [1.54, 1.807) is 24.3 Å². The van der Waals surface area contributed by atoms with E-state index < -0.39 is 11.7 Å². The lowest BCUT2D eigenvalue weighted by molar-refractivity contribution is 0.0922. The van der Waals surface area contributed by atoms with Gasteiger partial charge in [0.05, 0.1) is 6.33 Å². The number of hydrogen-bond acceptors (Lipinski definition) is 5. The molecule has 1 atom stereocenters. The fourth-order valence-electron chi connectivity index (χ4n) is 4.16. The Morgan fingerprint density at radius 1 is 0.972 bits per heavy atom. The third kappa shape index (κ3) is 6.33. The molecule has 1 fully saturated rings. The molecule has 1 aliphatic rings. The van der Waals surface area contributed by atoms with E-state index >= 15 is 0 Å². The molecule has 1 aromatic heterocycles. The number of hydrogen-bond donors (Lipinski definition) is 4. The second-order valence-electron chi connectivity index (χ2n) is 8.76. The highest BCUT2D eigenvalue weighted by Crippen LogP contribution is 2.17. The van der Waals surface area contributed by atoms with Gasteiger partial charge < -0.3 is 20.9 Å². The van der Waals surface area contributed by atoms with Gasteiger partial charge in [-0.15, -0.1) is 0 Å². The summed E-state index contributed by atoms with van der Waals surface area (Å²) in [5.74, 6) is -1.72. The van der Waals surface area contributed by atoms with Crippen molar-refractivity contribution in [2.75, 3.05) is 30.3 Å². The van der Waals surface area contributed by atoms with Crippen LogP contribution in [0.3, 0.4) is 0 Å². The number of carbonyl (C=O) groups is 3. The van der Waals surface area contributed by atoms with Crippen molar-refractivity contribution >= 4 is 29.1 Å². The van der Waals surface area contributed by atoms with Crippen LogP contribution in [0.2, 0.25) is 0 Å². The molecule has 0 aliphatic carbocycles. The van der Waals surface area contributed by atoms with E-state index in [0.29, 0.717) is 29.5 Å². The van der Waals surface area contributed by atoms with Gasteiger partial charge in [0.15, 0.2) is 5.69 Å². The van der Waals surface area contributed by atoms with Crippen LogP contribution in [-0.2, 0) is 0 Å². The van der Waals surface area contributed by atoms with Crippen molar-refractivity contribution in [3.8, 4) is 0 Å².